The van der Waals surface area contributed by atoms with Crippen LogP contribution in [0.15, 0.2) is 53.4 Å². The third-order valence-corrected chi connectivity index (χ3v) is 5.13. The number of nitrogens with two attached hydrogens (primary N) is 1. The zero-order valence-electron chi connectivity index (χ0n) is 15.4. The maximum atomic E-state index is 12.5. The van der Waals surface area contributed by atoms with Gasteiger partial charge in [-0.15, -0.1) is 0 Å². The highest BCUT2D eigenvalue weighted by molar-refractivity contribution is 7.92. The summed E-state index contributed by atoms with van der Waals surface area (Å²) in [4.78, 5) is 12.2. The lowest BCUT2D eigenvalue weighted by atomic mass is 10.2. The predicted molar refractivity (Wildman–Crippen MR) is 105 cm³/mol. The van der Waals surface area contributed by atoms with Crippen molar-refractivity contribution in [3.63, 3.8) is 0 Å². The third kappa shape index (κ3) is 6.26. The van der Waals surface area contributed by atoms with Crippen molar-refractivity contribution in [1.29, 1.82) is 0 Å². The Kier molecular flexibility index (Phi) is 7.20. The van der Waals surface area contributed by atoms with Gasteiger partial charge in [-0.3, -0.25) is 9.52 Å². The van der Waals surface area contributed by atoms with E-state index in [1.54, 1.807) is 36.4 Å². The number of benzene rings is 2. The first-order valence-corrected chi connectivity index (χ1v) is 10.2. The van der Waals surface area contributed by atoms with Gasteiger partial charge in [0.15, 0.2) is 0 Å². The first-order chi connectivity index (χ1) is 12.8. The normalized spacial score (nSPS) is 12.3. The number of amides is 1. The van der Waals surface area contributed by atoms with Crippen molar-refractivity contribution in [1.82, 2.24) is 5.32 Å². The highest BCUT2D eigenvalue weighted by Gasteiger charge is 2.14. The van der Waals surface area contributed by atoms with Gasteiger partial charge in [0, 0.05) is 23.8 Å². The average Bonchev–Trinajstić information content (AvgIpc) is 2.62. The number of carbonyl (C=O) groups excluding carboxylic acids is 1. The van der Waals surface area contributed by atoms with E-state index in [1.807, 2.05) is 13.8 Å². The van der Waals surface area contributed by atoms with Gasteiger partial charge in [0.2, 0.25) is 0 Å². The first-order valence-electron chi connectivity index (χ1n) is 8.71. The molecule has 4 N–H and O–H groups in total. The first kappa shape index (κ1) is 20.7. The summed E-state index contributed by atoms with van der Waals surface area (Å²) >= 11 is 0. The van der Waals surface area contributed by atoms with E-state index in [0.29, 0.717) is 36.6 Å². The molecule has 2 rings (SSSR count). The van der Waals surface area contributed by atoms with Crippen LogP contribution in [0.25, 0.3) is 0 Å². The predicted octanol–water partition coefficient (Wildman–Crippen LogP) is 2.35. The Morgan fingerprint density at radius 2 is 1.74 bits per heavy atom. The zero-order chi connectivity index (χ0) is 19.9. The molecule has 0 aliphatic heterocycles. The largest absolute Gasteiger partial charge is 0.494 e. The van der Waals surface area contributed by atoms with Crippen LogP contribution in [-0.2, 0) is 10.0 Å². The lowest BCUT2D eigenvalue weighted by molar-refractivity contribution is 0.0953. The van der Waals surface area contributed by atoms with Crippen molar-refractivity contribution in [3.05, 3.63) is 54.1 Å². The average molecular weight is 391 g/mol. The fraction of sp³-hybridized carbons (Fsp3) is 0.316. The van der Waals surface area contributed by atoms with E-state index in [9.17, 15) is 13.2 Å². The number of hydrogen-bond acceptors (Lipinski definition) is 5. The van der Waals surface area contributed by atoms with Crippen molar-refractivity contribution >= 4 is 21.6 Å². The Balaban J connectivity index is 2.01. The smallest absolute Gasteiger partial charge is 0.261 e. The molecule has 7 nitrogen and oxygen atoms in total. The number of hydrogen-bond donors (Lipinski definition) is 3. The van der Waals surface area contributed by atoms with E-state index in [-0.39, 0.29) is 16.8 Å². The lowest BCUT2D eigenvalue weighted by Gasteiger charge is -2.10. The molecule has 2 aromatic rings. The molecule has 0 bridgehead atoms. The number of nitrogens with one attached hydrogen (secondary N) is 2. The molecule has 1 amide bonds. The summed E-state index contributed by atoms with van der Waals surface area (Å²) < 4.78 is 32.7. The van der Waals surface area contributed by atoms with Crippen LogP contribution in [0.4, 0.5) is 5.69 Å². The van der Waals surface area contributed by atoms with Gasteiger partial charge in [-0.1, -0.05) is 0 Å². The highest BCUT2D eigenvalue weighted by Crippen LogP contribution is 2.19. The molecule has 0 aliphatic rings. The second kappa shape index (κ2) is 9.38. The Hall–Kier alpha value is -2.58. The van der Waals surface area contributed by atoms with Crippen LogP contribution in [0.2, 0.25) is 0 Å². The minimum absolute atomic E-state index is 0.0182. The second-order valence-electron chi connectivity index (χ2n) is 6.11. The summed E-state index contributed by atoms with van der Waals surface area (Å²) in [6.07, 6.45) is 0.686. The fourth-order valence-corrected chi connectivity index (χ4v) is 3.36. The molecule has 27 heavy (non-hydrogen) atoms. The van der Waals surface area contributed by atoms with E-state index in [2.05, 4.69) is 10.0 Å². The van der Waals surface area contributed by atoms with E-state index in [0.717, 1.165) is 0 Å². The fourth-order valence-electron chi connectivity index (χ4n) is 2.30. The van der Waals surface area contributed by atoms with Gasteiger partial charge in [0.05, 0.1) is 11.5 Å². The Bertz CT molecular complexity index is 848. The standard InChI is InChI=1S/C19H25N3O4S/c1-3-26-17-8-10-18(11-9-17)27(24,25)22-16-6-4-15(5-7-16)19(23)21-13-12-14(2)20/h4-11,14,22H,3,12-13,20H2,1-2H3,(H,21,23). The molecule has 0 radical (unpaired) electrons. The summed E-state index contributed by atoms with van der Waals surface area (Å²) in [5, 5.41) is 2.77. The van der Waals surface area contributed by atoms with Gasteiger partial charge >= 0.3 is 0 Å². The Morgan fingerprint density at radius 3 is 2.30 bits per heavy atom. The quantitative estimate of drug-likeness (QED) is 0.608. The van der Waals surface area contributed by atoms with Crippen LogP contribution >= 0.6 is 0 Å². The summed E-state index contributed by atoms with van der Waals surface area (Å²) in [6.45, 7) is 4.73. The molecule has 2 aromatic carbocycles. The van der Waals surface area contributed by atoms with Crippen molar-refractivity contribution < 1.29 is 17.9 Å². The van der Waals surface area contributed by atoms with Gasteiger partial charge in [0.1, 0.15) is 5.75 Å². The summed E-state index contributed by atoms with van der Waals surface area (Å²) in [7, 11) is -3.72. The number of ether oxygens (including phenoxy) is 1. The molecule has 0 aromatic heterocycles. The van der Waals surface area contributed by atoms with Crippen LogP contribution < -0.4 is 20.5 Å². The summed E-state index contributed by atoms with van der Waals surface area (Å²) in [5.74, 6) is 0.382. The van der Waals surface area contributed by atoms with Crippen molar-refractivity contribution in [2.24, 2.45) is 5.73 Å². The maximum Gasteiger partial charge on any atom is 0.261 e. The van der Waals surface area contributed by atoms with Gasteiger partial charge < -0.3 is 15.8 Å². The maximum absolute atomic E-state index is 12.5. The number of carbonyl (C=O) groups is 1. The number of anilines is 1. The van der Waals surface area contributed by atoms with E-state index in [4.69, 9.17) is 10.5 Å². The van der Waals surface area contributed by atoms with E-state index in [1.165, 1.54) is 12.1 Å². The topological polar surface area (TPSA) is 111 Å². The van der Waals surface area contributed by atoms with E-state index >= 15 is 0 Å². The molecular weight excluding hydrogens is 366 g/mol. The van der Waals surface area contributed by atoms with Gasteiger partial charge in [-0.2, -0.15) is 0 Å². The van der Waals surface area contributed by atoms with Crippen molar-refractivity contribution in [3.8, 4) is 5.75 Å². The molecule has 0 saturated heterocycles. The SMILES string of the molecule is CCOc1ccc(S(=O)(=O)Nc2ccc(C(=O)NCCC(C)N)cc2)cc1. The molecule has 0 saturated carbocycles. The monoisotopic (exact) mass is 391 g/mol. The van der Waals surface area contributed by atoms with E-state index < -0.39 is 10.0 Å². The molecule has 0 aliphatic carbocycles. The van der Waals surface area contributed by atoms with Crippen LogP contribution in [0.1, 0.15) is 30.6 Å². The number of rotatable bonds is 9. The Morgan fingerprint density at radius 1 is 1.11 bits per heavy atom. The number of sulfonamides is 1. The molecule has 146 valence electrons. The third-order valence-electron chi connectivity index (χ3n) is 3.73. The molecule has 0 spiro atoms. The summed E-state index contributed by atoms with van der Waals surface area (Å²) in [6, 6.07) is 12.4. The molecular formula is C19H25N3O4S. The van der Waals surface area contributed by atoms with Crippen LogP contribution in [-0.4, -0.2) is 33.5 Å². The van der Waals surface area contributed by atoms with Crippen molar-refractivity contribution in [2.45, 2.75) is 31.2 Å². The van der Waals surface area contributed by atoms with Gasteiger partial charge in [-0.05, 0) is 68.8 Å². The lowest BCUT2D eigenvalue weighted by Crippen LogP contribution is -2.28. The molecule has 1 atom stereocenters. The molecule has 8 heteroatoms. The second-order valence-corrected chi connectivity index (χ2v) is 7.79. The minimum atomic E-state index is -3.72. The van der Waals surface area contributed by atoms with Gasteiger partial charge in [-0.25, -0.2) is 8.42 Å². The molecule has 1 unspecified atom stereocenters. The van der Waals surface area contributed by atoms with Crippen molar-refractivity contribution in [2.75, 3.05) is 17.9 Å². The van der Waals surface area contributed by atoms with Crippen LogP contribution in [0.5, 0.6) is 5.75 Å². The molecule has 0 fully saturated rings. The Labute approximate surface area is 160 Å². The van der Waals surface area contributed by atoms with Crippen LogP contribution in [0, 0.1) is 0 Å². The molecule has 0 heterocycles. The summed E-state index contributed by atoms with van der Waals surface area (Å²) in [5.41, 5.74) is 6.46. The zero-order valence-corrected chi connectivity index (χ0v) is 16.3. The van der Waals surface area contributed by atoms with Gasteiger partial charge in [0.25, 0.3) is 15.9 Å². The van der Waals surface area contributed by atoms with Crippen LogP contribution in [0.3, 0.4) is 0 Å². The highest BCUT2D eigenvalue weighted by atomic mass is 32.2. The minimum Gasteiger partial charge on any atom is -0.494 e.